The second kappa shape index (κ2) is 9.59. The van der Waals surface area contributed by atoms with Crippen molar-refractivity contribution in [3.63, 3.8) is 0 Å². The van der Waals surface area contributed by atoms with Gasteiger partial charge in [0.1, 0.15) is 0 Å². The van der Waals surface area contributed by atoms with Crippen LogP contribution in [0, 0.1) is 0 Å². The number of pyridine rings is 1. The van der Waals surface area contributed by atoms with Gasteiger partial charge in [0, 0.05) is 31.5 Å². The fraction of sp³-hybridized carbons (Fsp3) is 0.294. The molecule has 3 rings (SSSR count). The lowest BCUT2D eigenvalue weighted by Gasteiger charge is -2.30. The molecule has 1 aliphatic rings. The van der Waals surface area contributed by atoms with Crippen LogP contribution in [0.4, 0.5) is 0 Å². The number of nitrogens with zero attached hydrogens (tertiary/aromatic N) is 1. The third-order valence-corrected chi connectivity index (χ3v) is 3.97. The molecule has 2 unspecified atom stereocenters. The van der Waals surface area contributed by atoms with Crippen molar-refractivity contribution in [2.45, 2.75) is 25.1 Å². The van der Waals surface area contributed by atoms with Crippen LogP contribution in [0.25, 0.3) is 0 Å². The van der Waals surface area contributed by atoms with Crippen LogP contribution in [0.5, 0.6) is 0 Å². The first-order valence-electron chi connectivity index (χ1n) is 7.40. The Morgan fingerprint density at radius 2 is 2.00 bits per heavy atom. The summed E-state index contributed by atoms with van der Waals surface area (Å²) in [7, 11) is 0. The molecule has 1 aromatic carbocycles. The average molecular weight is 370 g/mol. The van der Waals surface area contributed by atoms with Crippen LogP contribution in [0.3, 0.4) is 0 Å². The Labute approximate surface area is 153 Å². The van der Waals surface area contributed by atoms with Crippen molar-refractivity contribution < 1.29 is 9.90 Å². The summed E-state index contributed by atoms with van der Waals surface area (Å²) in [5.41, 5.74) is 3.02. The Bertz CT molecular complexity index is 655. The van der Waals surface area contributed by atoms with Crippen LogP contribution >= 0.6 is 24.8 Å². The number of hydrogen-bond donors (Lipinski definition) is 3. The van der Waals surface area contributed by atoms with Crippen LogP contribution in [-0.2, 0) is 13.0 Å². The molecule has 1 aliphatic heterocycles. The molecule has 0 spiro atoms. The zero-order valence-corrected chi connectivity index (χ0v) is 14.6. The van der Waals surface area contributed by atoms with E-state index >= 15 is 0 Å². The van der Waals surface area contributed by atoms with E-state index < -0.39 is 6.10 Å². The molecular formula is C17H21Cl2N3O2. The lowest BCUT2D eigenvalue weighted by molar-refractivity contribution is 0.0869. The van der Waals surface area contributed by atoms with Crippen LogP contribution < -0.4 is 10.6 Å². The predicted molar refractivity (Wildman–Crippen MR) is 97.8 cm³/mol. The molecule has 0 saturated carbocycles. The van der Waals surface area contributed by atoms with Crippen molar-refractivity contribution >= 4 is 30.7 Å². The second-order valence-electron chi connectivity index (χ2n) is 5.48. The minimum absolute atomic E-state index is 0. The molecule has 5 nitrogen and oxygen atoms in total. The number of carbonyl (C=O) groups excluding carboxylic acids is 1. The Morgan fingerprint density at radius 3 is 2.71 bits per heavy atom. The van der Waals surface area contributed by atoms with Crippen molar-refractivity contribution in [2.75, 3.05) is 6.54 Å². The quantitative estimate of drug-likeness (QED) is 0.767. The van der Waals surface area contributed by atoms with Gasteiger partial charge in [0.25, 0.3) is 5.91 Å². The van der Waals surface area contributed by atoms with Crippen molar-refractivity contribution in [1.29, 1.82) is 0 Å². The number of aromatic nitrogens is 1. The molecule has 1 amide bonds. The Morgan fingerprint density at radius 1 is 1.25 bits per heavy atom. The lowest BCUT2D eigenvalue weighted by Crippen LogP contribution is -2.49. The number of hydrogen-bond acceptors (Lipinski definition) is 4. The van der Waals surface area contributed by atoms with Gasteiger partial charge in [-0.1, -0.05) is 24.3 Å². The maximum atomic E-state index is 11.9. The van der Waals surface area contributed by atoms with Crippen molar-refractivity contribution in [3.8, 4) is 0 Å². The van der Waals surface area contributed by atoms with Gasteiger partial charge in [-0.2, -0.15) is 0 Å². The summed E-state index contributed by atoms with van der Waals surface area (Å²) in [4.78, 5) is 15.9. The second-order valence-corrected chi connectivity index (χ2v) is 5.48. The van der Waals surface area contributed by atoms with Gasteiger partial charge in [-0.15, -0.1) is 24.8 Å². The number of fused-ring (bicyclic) bond motifs is 1. The highest BCUT2D eigenvalue weighted by atomic mass is 35.5. The average Bonchev–Trinajstić information content (AvgIpc) is 2.59. The fourth-order valence-corrected chi connectivity index (χ4v) is 2.69. The first-order valence-corrected chi connectivity index (χ1v) is 7.40. The summed E-state index contributed by atoms with van der Waals surface area (Å²) < 4.78 is 0. The minimum Gasteiger partial charge on any atom is -0.390 e. The topological polar surface area (TPSA) is 74.2 Å². The molecule has 2 atom stereocenters. The summed E-state index contributed by atoms with van der Waals surface area (Å²) in [5, 5.41) is 16.4. The summed E-state index contributed by atoms with van der Waals surface area (Å²) in [5.74, 6) is -0.219. The Kier molecular flexibility index (Phi) is 8.15. The highest BCUT2D eigenvalue weighted by Gasteiger charge is 2.24. The predicted octanol–water partition coefficient (Wildman–Crippen LogP) is 1.73. The highest BCUT2D eigenvalue weighted by Crippen LogP contribution is 2.17. The monoisotopic (exact) mass is 369 g/mol. The molecule has 2 aromatic rings. The summed E-state index contributed by atoms with van der Waals surface area (Å²) >= 11 is 0. The number of nitrogens with one attached hydrogen (secondary N) is 2. The van der Waals surface area contributed by atoms with Crippen LogP contribution in [0.1, 0.15) is 21.5 Å². The molecule has 7 heteroatoms. The van der Waals surface area contributed by atoms with Gasteiger partial charge in [-0.25, -0.2) is 0 Å². The number of aliphatic hydroxyl groups excluding tert-OH is 1. The maximum Gasteiger partial charge on any atom is 0.252 e. The highest BCUT2D eigenvalue weighted by molar-refractivity contribution is 5.93. The van der Waals surface area contributed by atoms with Crippen molar-refractivity contribution in [3.05, 3.63) is 65.5 Å². The van der Waals surface area contributed by atoms with Crippen molar-refractivity contribution in [2.24, 2.45) is 0 Å². The smallest absolute Gasteiger partial charge is 0.252 e. The third kappa shape index (κ3) is 4.92. The standard InChI is InChI=1S/C17H19N3O2.2ClH/c21-16(11-20-17(22)14-6-3-7-18-9-14)15-8-12-4-1-2-5-13(12)10-19-15;;/h1-7,9,15-16,19,21H,8,10-11H2,(H,20,22);2*1H. The Balaban J connectivity index is 0.00000144. The molecule has 0 aliphatic carbocycles. The lowest BCUT2D eigenvalue weighted by atomic mass is 9.93. The zero-order chi connectivity index (χ0) is 15.4. The number of halogens is 2. The first-order chi connectivity index (χ1) is 10.7. The van der Waals surface area contributed by atoms with Gasteiger partial charge >= 0.3 is 0 Å². The zero-order valence-electron chi connectivity index (χ0n) is 13.0. The van der Waals surface area contributed by atoms with Crippen LogP contribution in [0.2, 0.25) is 0 Å². The normalized spacial score (nSPS) is 16.8. The number of benzene rings is 1. The Hall–Kier alpha value is -1.66. The molecule has 2 heterocycles. The SMILES string of the molecule is Cl.Cl.O=C(NCC(O)C1Cc2ccccc2CN1)c1cccnc1. The molecule has 0 radical (unpaired) electrons. The van der Waals surface area contributed by atoms with E-state index in [1.165, 1.54) is 17.3 Å². The number of amides is 1. The molecule has 3 N–H and O–H groups in total. The molecule has 0 fully saturated rings. The summed E-state index contributed by atoms with van der Waals surface area (Å²) in [6.45, 7) is 0.960. The molecular weight excluding hydrogens is 349 g/mol. The van der Waals surface area contributed by atoms with E-state index in [1.807, 2.05) is 12.1 Å². The number of carbonyl (C=O) groups is 1. The molecule has 0 saturated heterocycles. The largest absolute Gasteiger partial charge is 0.390 e. The molecule has 0 bridgehead atoms. The van der Waals surface area contributed by atoms with E-state index in [2.05, 4.69) is 27.8 Å². The van der Waals surface area contributed by atoms with Crippen molar-refractivity contribution in [1.82, 2.24) is 15.6 Å². The molecule has 130 valence electrons. The van der Waals surface area contributed by atoms with Gasteiger partial charge in [-0.05, 0) is 29.7 Å². The van der Waals surface area contributed by atoms with Crippen LogP contribution in [0.15, 0.2) is 48.8 Å². The van der Waals surface area contributed by atoms with E-state index in [1.54, 1.807) is 18.3 Å². The fourth-order valence-electron chi connectivity index (χ4n) is 2.69. The maximum absolute atomic E-state index is 11.9. The number of rotatable bonds is 4. The van der Waals surface area contributed by atoms with Crippen LogP contribution in [-0.4, -0.2) is 34.7 Å². The van der Waals surface area contributed by atoms with Gasteiger partial charge in [0.2, 0.25) is 0 Å². The van der Waals surface area contributed by atoms with Gasteiger partial charge in [0.05, 0.1) is 11.7 Å². The molecule has 24 heavy (non-hydrogen) atoms. The van der Waals surface area contributed by atoms with Gasteiger partial charge < -0.3 is 15.7 Å². The molecule has 1 aromatic heterocycles. The van der Waals surface area contributed by atoms with E-state index in [0.29, 0.717) is 5.56 Å². The third-order valence-electron chi connectivity index (χ3n) is 3.97. The van der Waals surface area contributed by atoms with E-state index in [-0.39, 0.29) is 43.3 Å². The minimum atomic E-state index is -0.631. The van der Waals surface area contributed by atoms with Gasteiger partial charge in [-0.3, -0.25) is 9.78 Å². The first kappa shape index (κ1) is 20.4. The number of aliphatic hydroxyl groups is 1. The van der Waals surface area contributed by atoms with E-state index in [9.17, 15) is 9.90 Å². The summed E-state index contributed by atoms with van der Waals surface area (Å²) in [6.07, 6.45) is 3.26. The summed E-state index contributed by atoms with van der Waals surface area (Å²) in [6, 6.07) is 11.6. The van der Waals surface area contributed by atoms with E-state index in [0.717, 1.165) is 13.0 Å². The van der Waals surface area contributed by atoms with E-state index in [4.69, 9.17) is 0 Å². The van der Waals surface area contributed by atoms with Gasteiger partial charge in [0.15, 0.2) is 0 Å².